The Morgan fingerprint density at radius 3 is 2.42 bits per heavy atom. The molecule has 8 heteroatoms. The number of halogens is 2. The van der Waals surface area contributed by atoms with Gasteiger partial charge in [0.15, 0.2) is 0 Å². The van der Waals surface area contributed by atoms with E-state index in [1.807, 2.05) is 0 Å². The molecule has 1 aromatic heterocycles. The number of piperidine rings is 1. The lowest BCUT2D eigenvalue weighted by Gasteiger charge is -2.31. The molecule has 0 spiro atoms. The van der Waals surface area contributed by atoms with Gasteiger partial charge < -0.3 is 10.2 Å². The van der Waals surface area contributed by atoms with Crippen LogP contribution in [0.5, 0.6) is 0 Å². The van der Waals surface area contributed by atoms with Crippen molar-refractivity contribution in [2.45, 2.75) is 18.8 Å². The lowest BCUT2D eigenvalue weighted by Crippen LogP contribution is -2.43. The van der Waals surface area contributed by atoms with Gasteiger partial charge in [-0.3, -0.25) is 19.6 Å². The summed E-state index contributed by atoms with van der Waals surface area (Å²) < 4.78 is 26.3. The van der Waals surface area contributed by atoms with E-state index >= 15 is 0 Å². The Labute approximate surface area is 149 Å². The number of carbonyl (C=O) groups is 2. The molecule has 3 rings (SSSR count). The molecule has 2 amide bonds. The molecule has 1 aliphatic rings. The van der Waals surface area contributed by atoms with Crippen LogP contribution in [0.3, 0.4) is 0 Å². The number of benzene rings is 1. The van der Waals surface area contributed by atoms with Crippen molar-refractivity contribution in [2.24, 2.45) is 0 Å². The Hall–Kier alpha value is -2.90. The number of nitrogens with one attached hydrogen (secondary N) is 1. The van der Waals surface area contributed by atoms with Gasteiger partial charge in [0.05, 0.1) is 12.2 Å². The van der Waals surface area contributed by atoms with Crippen LogP contribution in [0.4, 0.5) is 8.78 Å². The number of hydrogen-bond acceptors (Lipinski definition) is 4. The van der Waals surface area contributed by atoms with Gasteiger partial charge in [-0.25, -0.2) is 8.78 Å². The second-order valence-corrected chi connectivity index (χ2v) is 6.13. The minimum atomic E-state index is -0.840. The molecular weight excluding hydrogens is 342 g/mol. The van der Waals surface area contributed by atoms with E-state index in [1.165, 1.54) is 0 Å². The minimum Gasteiger partial charge on any atom is -0.343 e. The first kappa shape index (κ1) is 17.9. The first-order valence-corrected chi connectivity index (χ1v) is 8.31. The number of likely N-dealkylation sites (tertiary alicyclic amines) is 1. The van der Waals surface area contributed by atoms with Gasteiger partial charge in [0, 0.05) is 49.2 Å². The lowest BCUT2D eigenvalue weighted by atomic mass is 9.94. The van der Waals surface area contributed by atoms with Crippen LogP contribution in [0, 0.1) is 11.6 Å². The van der Waals surface area contributed by atoms with Gasteiger partial charge in [0.1, 0.15) is 11.6 Å². The normalized spacial score (nSPS) is 14.9. The molecule has 0 aliphatic carbocycles. The average molecular weight is 360 g/mol. The van der Waals surface area contributed by atoms with E-state index in [0.29, 0.717) is 19.2 Å². The first-order chi connectivity index (χ1) is 12.5. The number of nitrogens with zero attached hydrogens (tertiary/aromatic N) is 3. The Kier molecular flexibility index (Phi) is 5.50. The van der Waals surface area contributed by atoms with Crippen LogP contribution >= 0.6 is 0 Å². The summed E-state index contributed by atoms with van der Waals surface area (Å²) in [6.45, 7) is 0.905. The van der Waals surface area contributed by atoms with Crippen molar-refractivity contribution in [3.05, 3.63) is 59.7 Å². The summed E-state index contributed by atoms with van der Waals surface area (Å²) in [4.78, 5) is 34.2. The Bertz CT molecular complexity index is 773. The van der Waals surface area contributed by atoms with E-state index in [0.717, 1.165) is 30.7 Å². The number of carbonyl (C=O) groups excluding carboxylic acids is 2. The van der Waals surface area contributed by atoms with Crippen LogP contribution in [0.15, 0.2) is 36.8 Å². The second kappa shape index (κ2) is 7.99. The zero-order chi connectivity index (χ0) is 18.5. The molecule has 0 bridgehead atoms. The average Bonchev–Trinajstić information content (AvgIpc) is 2.66. The second-order valence-electron chi connectivity index (χ2n) is 6.13. The van der Waals surface area contributed by atoms with Gasteiger partial charge in [-0.15, -0.1) is 0 Å². The molecule has 0 atom stereocenters. The summed E-state index contributed by atoms with van der Waals surface area (Å²) in [5.41, 5.74) is 0.762. The number of aromatic nitrogens is 2. The maximum absolute atomic E-state index is 13.1. The SMILES string of the molecule is O=C(NCC(=O)N1CCC(c2cnccn2)CC1)c1cc(F)cc(F)c1. The fraction of sp³-hybridized carbons (Fsp3) is 0.333. The summed E-state index contributed by atoms with van der Waals surface area (Å²) in [5.74, 6) is -2.34. The zero-order valence-electron chi connectivity index (χ0n) is 14.0. The molecule has 6 nitrogen and oxygen atoms in total. The molecule has 136 valence electrons. The van der Waals surface area contributed by atoms with Crippen LogP contribution in [-0.2, 0) is 4.79 Å². The zero-order valence-corrected chi connectivity index (χ0v) is 14.0. The molecule has 1 fully saturated rings. The summed E-state index contributed by atoms with van der Waals surface area (Å²) >= 11 is 0. The van der Waals surface area contributed by atoms with E-state index in [2.05, 4.69) is 15.3 Å². The predicted octanol–water partition coefficient (Wildman–Crippen LogP) is 1.89. The highest BCUT2D eigenvalue weighted by molar-refractivity contribution is 5.96. The molecule has 2 heterocycles. The minimum absolute atomic E-state index is 0.156. The van der Waals surface area contributed by atoms with Crippen molar-refractivity contribution in [3.63, 3.8) is 0 Å². The van der Waals surface area contributed by atoms with Crippen LogP contribution in [0.1, 0.15) is 34.8 Å². The topological polar surface area (TPSA) is 75.2 Å². The highest BCUT2D eigenvalue weighted by Crippen LogP contribution is 2.25. The van der Waals surface area contributed by atoms with E-state index in [9.17, 15) is 18.4 Å². The molecule has 1 aromatic carbocycles. The van der Waals surface area contributed by atoms with E-state index in [1.54, 1.807) is 23.5 Å². The molecule has 0 radical (unpaired) electrons. The number of hydrogen-bond donors (Lipinski definition) is 1. The molecule has 1 saturated heterocycles. The standard InChI is InChI=1S/C18H18F2N4O2/c19-14-7-13(8-15(20)9-14)18(26)23-11-17(25)24-5-1-12(2-6-24)16-10-21-3-4-22-16/h3-4,7-10,12H,1-2,5-6,11H2,(H,23,26). The van der Waals surface area contributed by atoms with Crippen molar-refractivity contribution in [2.75, 3.05) is 19.6 Å². The largest absolute Gasteiger partial charge is 0.343 e. The van der Waals surface area contributed by atoms with Gasteiger partial charge in [-0.2, -0.15) is 0 Å². The monoisotopic (exact) mass is 360 g/mol. The fourth-order valence-electron chi connectivity index (χ4n) is 3.00. The third-order valence-corrected chi connectivity index (χ3v) is 4.37. The van der Waals surface area contributed by atoms with Gasteiger partial charge in [0.2, 0.25) is 5.91 Å². The van der Waals surface area contributed by atoms with E-state index in [4.69, 9.17) is 0 Å². The maximum Gasteiger partial charge on any atom is 0.251 e. The lowest BCUT2D eigenvalue weighted by molar-refractivity contribution is -0.131. The smallest absolute Gasteiger partial charge is 0.251 e. The number of rotatable bonds is 4. The van der Waals surface area contributed by atoms with Crippen molar-refractivity contribution in [1.29, 1.82) is 0 Å². The Balaban J connectivity index is 1.49. The third kappa shape index (κ3) is 4.38. The summed E-state index contributed by atoms with van der Waals surface area (Å²) in [6.07, 6.45) is 6.55. The third-order valence-electron chi connectivity index (χ3n) is 4.37. The van der Waals surface area contributed by atoms with Crippen molar-refractivity contribution < 1.29 is 18.4 Å². The summed E-state index contributed by atoms with van der Waals surface area (Å²) in [6, 6.07) is 2.54. The molecule has 1 aliphatic heterocycles. The van der Waals surface area contributed by atoms with Gasteiger partial charge in [-0.1, -0.05) is 0 Å². The molecule has 26 heavy (non-hydrogen) atoms. The summed E-state index contributed by atoms with van der Waals surface area (Å²) in [5, 5.41) is 2.41. The molecule has 1 N–H and O–H groups in total. The first-order valence-electron chi connectivity index (χ1n) is 8.31. The van der Waals surface area contributed by atoms with Gasteiger partial charge >= 0.3 is 0 Å². The van der Waals surface area contributed by atoms with Crippen LogP contribution in [0.2, 0.25) is 0 Å². The van der Waals surface area contributed by atoms with Crippen molar-refractivity contribution in [3.8, 4) is 0 Å². The Morgan fingerprint density at radius 1 is 1.12 bits per heavy atom. The Morgan fingerprint density at radius 2 is 1.81 bits per heavy atom. The van der Waals surface area contributed by atoms with Crippen LogP contribution < -0.4 is 5.32 Å². The summed E-state index contributed by atoms with van der Waals surface area (Å²) in [7, 11) is 0. The van der Waals surface area contributed by atoms with Crippen LogP contribution in [-0.4, -0.2) is 46.3 Å². The molecule has 0 saturated carbocycles. The highest BCUT2D eigenvalue weighted by atomic mass is 19.1. The fourth-order valence-corrected chi connectivity index (χ4v) is 3.00. The predicted molar refractivity (Wildman–Crippen MR) is 89.3 cm³/mol. The van der Waals surface area contributed by atoms with Crippen molar-refractivity contribution in [1.82, 2.24) is 20.2 Å². The molecule has 2 aromatic rings. The molecular formula is C18H18F2N4O2. The molecule has 0 unspecified atom stereocenters. The van der Waals surface area contributed by atoms with Gasteiger partial charge in [0.25, 0.3) is 5.91 Å². The van der Waals surface area contributed by atoms with E-state index in [-0.39, 0.29) is 23.9 Å². The maximum atomic E-state index is 13.1. The quantitative estimate of drug-likeness (QED) is 0.904. The highest BCUT2D eigenvalue weighted by Gasteiger charge is 2.24. The van der Waals surface area contributed by atoms with Gasteiger partial charge in [-0.05, 0) is 25.0 Å². The van der Waals surface area contributed by atoms with E-state index < -0.39 is 17.5 Å². The number of amides is 2. The van der Waals surface area contributed by atoms with Crippen LogP contribution in [0.25, 0.3) is 0 Å². The van der Waals surface area contributed by atoms with Crippen molar-refractivity contribution >= 4 is 11.8 Å².